The van der Waals surface area contributed by atoms with E-state index in [2.05, 4.69) is 5.32 Å². The molecule has 2 amide bonds. The average Bonchev–Trinajstić information content (AvgIpc) is 2.99. The van der Waals surface area contributed by atoms with Crippen LogP contribution in [0.1, 0.15) is 50.2 Å². The van der Waals surface area contributed by atoms with E-state index in [-0.39, 0.29) is 23.2 Å². The maximum absolute atomic E-state index is 14.0. The molecule has 0 bridgehead atoms. The van der Waals surface area contributed by atoms with E-state index in [0.29, 0.717) is 21.0 Å². The summed E-state index contributed by atoms with van der Waals surface area (Å²) in [5, 5.41) is 3.47. The van der Waals surface area contributed by atoms with Crippen LogP contribution in [-0.2, 0) is 32.3 Å². The standard InChI is InChI=1S/C31H33ClF3N3O4S/c1-22(30(40)36-26-10-4-2-5-11-26)37(20-23-15-17-25(32)18-16-23)29(39)21-38(43(41,42)28-13-6-3-7-14-28)27-12-8-9-24(19-27)31(33,34)35/h3,6-9,12-19,22,26H,2,4-5,10-11,20-21H2,1H3,(H,36,40). The van der Waals surface area contributed by atoms with Crippen molar-refractivity contribution in [2.45, 2.75) is 68.7 Å². The number of halogens is 4. The van der Waals surface area contributed by atoms with Crippen molar-refractivity contribution in [1.82, 2.24) is 10.2 Å². The first-order valence-electron chi connectivity index (χ1n) is 14.0. The maximum atomic E-state index is 14.0. The number of anilines is 1. The Bertz CT molecular complexity index is 1510. The van der Waals surface area contributed by atoms with E-state index in [1.165, 1.54) is 35.2 Å². The van der Waals surface area contributed by atoms with Crippen LogP contribution in [0.25, 0.3) is 0 Å². The summed E-state index contributed by atoms with van der Waals surface area (Å²) in [5.41, 5.74) is -0.770. The molecule has 43 heavy (non-hydrogen) atoms. The van der Waals surface area contributed by atoms with Crippen LogP contribution in [0.3, 0.4) is 0 Å². The van der Waals surface area contributed by atoms with Crippen LogP contribution in [-0.4, -0.2) is 43.8 Å². The molecule has 7 nitrogen and oxygen atoms in total. The van der Waals surface area contributed by atoms with Gasteiger partial charge in [0.15, 0.2) is 0 Å². The summed E-state index contributed by atoms with van der Waals surface area (Å²) in [5.74, 6) is -1.16. The Morgan fingerprint density at radius 3 is 2.23 bits per heavy atom. The third kappa shape index (κ3) is 8.29. The van der Waals surface area contributed by atoms with Gasteiger partial charge in [-0.15, -0.1) is 0 Å². The number of sulfonamides is 1. The molecule has 0 spiro atoms. The van der Waals surface area contributed by atoms with E-state index in [0.717, 1.165) is 44.2 Å². The summed E-state index contributed by atoms with van der Waals surface area (Å²) in [7, 11) is -4.49. The van der Waals surface area contributed by atoms with Crippen LogP contribution in [0.2, 0.25) is 5.02 Å². The van der Waals surface area contributed by atoms with Gasteiger partial charge in [-0.1, -0.05) is 67.3 Å². The van der Waals surface area contributed by atoms with Gasteiger partial charge in [-0.3, -0.25) is 13.9 Å². The minimum Gasteiger partial charge on any atom is -0.352 e. The Balaban J connectivity index is 1.71. The summed E-state index contributed by atoms with van der Waals surface area (Å²) in [6.07, 6.45) is -0.0462. The molecule has 1 unspecified atom stereocenters. The Labute approximate surface area is 254 Å². The minimum atomic E-state index is -4.74. The Hall–Kier alpha value is -3.57. The molecule has 1 aliphatic carbocycles. The minimum absolute atomic E-state index is 0.0313. The summed E-state index contributed by atoms with van der Waals surface area (Å²) in [6.45, 7) is 0.649. The summed E-state index contributed by atoms with van der Waals surface area (Å²) >= 11 is 6.02. The fourth-order valence-corrected chi connectivity index (χ4v) is 6.58. The molecule has 0 radical (unpaired) electrons. The maximum Gasteiger partial charge on any atom is 0.416 e. The van der Waals surface area contributed by atoms with Crippen LogP contribution in [0.15, 0.2) is 83.8 Å². The van der Waals surface area contributed by atoms with Gasteiger partial charge < -0.3 is 10.2 Å². The van der Waals surface area contributed by atoms with E-state index in [9.17, 15) is 31.2 Å². The van der Waals surface area contributed by atoms with Crippen molar-refractivity contribution in [2.75, 3.05) is 10.8 Å². The first-order chi connectivity index (χ1) is 20.4. The number of rotatable bonds is 10. The molecule has 1 fully saturated rings. The second-order valence-corrected chi connectivity index (χ2v) is 12.8. The molecule has 1 aliphatic rings. The van der Waals surface area contributed by atoms with Gasteiger partial charge >= 0.3 is 6.18 Å². The van der Waals surface area contributed by atoms with E-state index in [1.54, 1.807) is 37.3 Å². The lowest BCUT2D eigenvalue weighted by Gasteiger charge is -2.33. The largest absolute Gasteiger partial charge is 0.416 e. The Morgan fingerprint density at radius 2 is 1.60 bits per heavy atom. The Kier molecular flexibility index (Phi) is 10.4. The molecule has 0 saturated heterocycles. The number of amides is 2. The first kappa shape index (κ1) is 32.3. The van der Waals surface area contributed by atoms with Gasteiger partial charge in [0.25, 0.3) is 10.0 Å². The van der Waals surface area contributed by atoms with Gasteiger partial charge in [-0.25, -0.2) is 8.42 Å². The van der Waals surface area contributed by atoms with Gasteiger partial charge in [0.2, 0.25) is 11.8 Å². The van der Waals surface area contributed by atoms with Gasteiger partial charge in [-0.2, -0.15) is 13.2 Å². The van der Waals surface area contributed by atoms with E-state index >= 15 is 0 Å². The molecule has 1 saturated carbocycles. The number of hydrogen-bond donors (Lipinski definition) is 1. The molecule has 0 aromatic heterocycles. The molecule has 12 heteroatoms. The van der Waals surface area contributed by atoms with E-state index < -0.39 is 46.2 Å². The third-order valence-corrected chi connectivity index (χ3v) is 9.50. The van der Waals surface area contributed by atoms with Gasteiger partial charge in [0, 0.05) is 17.6 Å². The number of carbonyl (C=O) groups is 2. The van der Waals surface area contributed by atoms with Crippen molar-refractivity contribution in [2.24, 2.45) is 0 Å². The number of nitrogens with one attached hydrogen (secondary N) is 1. The molecule has 0 heterocycles. The number of nitrogens with zero attached hydrogens (tertiary/aromatic N) is 2. The second-order valence-electron chi connectivity index (χ2n) is 10.5. The molecule has 4 rings (SSSR count). The predicted octanol–water partition coefficient (Wildman–Crippen LogP) is 6.42. The van der Waals surface area contributed by atoms with Crippen LogP contribution >= 0.6 is 11.6 Å². The van der Waals surface area contributed by atoms with Crippen molar-refractivity contribution in [1.29, 1.82) is 0 Å². The zero-order chi connectivity index (χ0) is 31.2. The second kappa shape index (κ2) is 13.8. The molecule has 1 N–H and O–H groups in total. The third-order valence-electron chi connectivity index (χ3n) is 7.46. The molecule has 0 aliphatic heterocycles. The molecule has 3 aromatic carbocycles. The van der Waals surface area contributed by atoms with Crippen molar-refractivity contribution >= 4 is 39.1 Å². The quantitative estimate of drug-likeness (QED) is 0.279. The number of alkyl halides is 3. The zero-order valence-electron chi connectivity index (χ0n) is 23.6. The summed E-state index contributed by atoms with van der Waals surface area (Å²) < 4.78 is 69.0. The van der Waals surface area contributed by atoms with E-state index in [1.807, 2.05) is 0 Å². The topological polar surface area (TPSA) is 86.8 Å². The molecular formula is C31H33ClF3N3O4S. The lowest BCUT2D eigenvalue weighted by atomic mass is 9.95. The predicted molar refractivity (Wildman–Crippen MR) is 159 cm³/mol. The molecule has 230 valence electrons. The smallest absolute Gasteiger partial charge is 0.352 e. The van der Waals surface area contributed by atoms with Crippen LogP contribution in [0.5, 0.6) is 0 Å². The van der Waals surface area contributed by atoms with Gasteiger partial charge in [0.1, 0.15) is 12.6 Å². The number of carbonyl (C=O) groups excluding carboxylic acids is 2. The Morgan fingerprint density at radius 1 is 0.953 bits per heavy atom. The lowest BCUT2D eigenvalue weighted by Crippen LogP contribution is -2.53. The van der Waals surface area contributed by atoms with Crippen LogP contribution < -0.4 is 9.62 Å². The molecule has 3 aromatic rings. The molecular weight excluding hydrogens is 603 g/mol. The van der Waals surface area contributed by atoms with Crippen molar-refractivity contribution in [3.63, 3.8) is 0 Å². The lowest BCUT2D eigenvalue weighted by molar-refractivity contribution is -0.139. The summed E-state index contributed by atoms with van der Waals surface area (Å²) in [6, 6.07) is 16.5. The SMILES string of the molecule is CC(C(=O)NC1CCCCC1)N(Cc1ccc(Cl)cc1)C(=O)CN(c1cccc(C(F)(F)F)c1)S(=O)(=O)c1ccccc1. The van der Waals surface area contributed by atoms with Gasteiger partial charge in [-0.05, 0) is 67.8 Å². The van der Waals surface area contributed by atoms with E-state index in [4.69, 9.17) is 11.6 Å². The van der Waals surface area contributed by atoms with Crippen molar-refractivity contribution < 1.29 is 31.2 Å². The molecule has 1 atom stereocenters. The highest BCUT2D eigenvalue weighted by molar-refractivity contribution is 7.92. The number of benzene rings is 3. The first-order valence-corrected chi connectivity index (χ1v) is 15.8. The monoisotopic (exact) mass is 635 g/mol. The highest BCUT2D eigenvalue weighted by atomic mass is 35.5. The highest BCUT2D eigenvalue weighted by Gasteiger charge is 2.35. The highest BCUT2D eigenvalue weighted by Crippen LogP contribution is 2.33. The fraction of sp³-hybridized carbons (Fsp3) is 0.355. The van der Waals surface area contributed by atoms with Crippen molar-refractivity contribution in [3.8, 4) is 0 Å². The normalized spacial score (nSPS) is 15.0. The fourth-order valence-electron chi connectivity index (χ4n) is 5.02. The summed E-state index contributed by atoms with van der Waals surface area (Å²) in [4.78, 5) is 28.4. The zero-order valence-corrected chi connectivity index (χ0v) is 25.1. The van der Waals surface area contributed by atoms with Gasteiger partial charge in [0.05, 0.1) is 16.1 Å². The number of hydrogen-bond acceptors (Lipinski definition) is 4. The van der Waals surface area contributed by atoms with Crippen LogP contribution in [0, 0.1) is 0 Å². The average molecular weight is 636 g/mol. The van der Waals surface area contributed by atoms with Crippen molar-refractivity contribution in [3.05, 3.63) is 95.0 Å². The van der Waals surface area contributed by atoms with Crippen LogP contribution in [0.4, 0.5) is 18.9 Å².